The van der Waals surface area contributed by atoms with Gasteiger partial charge in [-0.2, -0.15) is 0 Å². The van der Waals surface area contributed by atoms with Crippen LogP contribution in [0.4, 0.5) is 0 Å². The maximum Gasteiger partial charge on any atom is 0.235 e. The van der Waals surface area contributed by atoms with Gasteiger partial charge in [0.05, 0.1) is 66.1 Å². The van der Waals surface area contributed by atoms with Crippen molar-refractivity contribution >= 4 is 29.5 Å². The molecule has 0 unspecified atom stereocenters. The Balaban J connectivity index is -0.000000451. The molecule has 0 aliphatic heterocycles. The first kappa shape index (κ1) is 122. The van der Waals surface area contributed by atoms with Crippen molar-refractivity contribution in [3.8, 4) is 0 Å². The first-order valence-corrected chi connectivity index (χ1v) is 44.2. The minimum absolute atomic E-state index is 0.0488. The highest BCUT2D eigenvalue weighted by Crippen LogP contribution is 2.04. The molecular formula is C79H191N33O5. The molecule has 0 heterocycles. The molecule has 0 saturated carbocycles. The molecular weight excluding hydrogens is 1490 g/mol. The molecule has 0 rings (SSSR count). The molecule has 0 aromatic carbocycles. The van der Waals surface area contributed by atoms with Crippen LogP contribution >= 0.6 is 0 Å². The molecule has 38 heteroatoms. The van der Waals surface area contributed by atoms with E-state index < -0.39 is 0 Å². The Bertz CT molecular complexity index is 2010. The molecule has 0 saturated heterocycles. The standard InChI is InChI=1S/C20H48N8O.2C17H41N7O.C14H34N6O.C11H27N5O/c1-26(2)19-25-20(29)18-28(15-6-12-24-11-3-8-21)17-7-16-27(13-4-9-22)14-5-10-23;1-22(2)16-21-17(25)15-24(12-5-9-20)14-6-13-23(10-3-7-18)11-4-8-19;1-23(2)16-22-17(25)15-24(13-5-11-20-9-3-7-18)14-6-12-21-10-4-8-19;1-19(2)13-18-14(21)12-20(10-4-7-16)11-5-9-17-8-3-6-15;1-15(2)10-14-11(17)9-16(7-3-5-12)8-4-6-13/h24H,3-19,21-23H2,1-2H3,(H,25,29);3-16,18-20H2,1-2H3,(H,21,25);20-21H,3-16,18-19H2,1-2H3,(H,22,25);17H,3-13,15-16H2,1-2H3,(H,18,21);3-10,12-13H2,1-2H3,(H,14,17). The van der Waals surface area contributed by atoms with Gasteiger partial charge >= 0.3 is 0 Å². The van der Waals surface area contributed by atoms with E-state index >= 15 is 0 Å². The lowest BCUT2D eigenvalue weighted by Crippen LogP contribution is -2.42. The average Bonchev–Trinajstić information content (AvgIpc) is 0.972. The van der Waals surface area contributed by atoms with Gasteiger partial charge in [-0.25, -0.2) is 0 Å². The smallest absolute Gasteiger partial charge is 0.235 e. The predicted molar refractivity (Wildman–Crippen MR) is 492 cm³/mol. The van der Waals surface area contributed by atoms with E-state index in [1.54, 1.807) is 0 Å². The topological polar surface area (TPSA) is 545 Å². The number of hydrogen-bond donors (Lipinski definition) is 21. The number of nitrogens with two attached hydrogens (primary N) is 12. The fourth-order valence-electron chi connectivity index (χ4n) is 11.2. The Morgan fingerprint density at radius 3 is 0.462 bits per heavy atom. The molecule has 0 radical (unpaired) electrons. The summed E-state index contributed by atoms with van der Waals surface area (Å²) in [7, 11) is 19.3. The Kier molecular flexibility index (Phi) is 100.0. The summed E-state index contributed by atoms with van der Waals surface area (Å²) in [6.07, 6.45) is 17.9. The normalized spacial score (nSPS) is 11.5. The van der Waals surface area contributed by atoms with Gasteiger partial charge in [0.25, 0.3) is 0 Å². The minimum atomic E-state index is 0.0488. The van der Waals surface area contributed by atoms with Gasteiger partial charge in [0.2, 0.25) is 29.5 Å². The van der Waals surface area contributed by atoms with Crippen molar-refractivity contribution in [2.24, 2.45) is 68.8 Å². The van der Waals surface area contributed by atoms with E-state index in [4.69, 9.17) is 68.8 Å². The fourth-order valence-corrected chi connectivity index (χ4v) is 11.2. The van der Waals surface area contributed by atoms with Crippen molar-refractivity contribution in [2.45, 2.75) is 116 Å². The maximum absolute atomic E-state index is 12.3. The Labute approximate surface area is 713 Å². The van der Waals surface area contributed by atoms with Crippen molar-refractivity contribution in [2.75, 3.05) is 372 Å². The van der Waals surface area contributed by atoms with Crippen LogP contribution < -0.4 is 117 Å². The van der Waals surface area contributed by atoms with Gasteiger partial charge in [0.1, 0.15) is 0 Å². The van der Waals surface area contributed by atoms with Crippen molar-refractivity contribution < 1.29 is 24.0 Å². The quantitative estimate of drug-likeness (QED) is 0.0199. The summed E-state index contributed by atoms with van der Waals surface area (Å²) in [5.74, 6) is 0.345. The van der Waals surface area contributed by atoms with E-state index in [1.165, 1.54) is 0 Å². The second-order valence-corrected chi connectivity index (χ2v) is 31.1. The molecule has 5 amide bonds. The van der Waals surface area contributed by atoms with Crippen LogP contribution in [0.1, 0.15) is 116 Å². The SMILES string of the molecule is CN(C)CNC(=O)CN(CCCN)CCCN.CN(C)CNC(=O)CN(CCCN)CCCN(CCCN)CCCN.CN(C)CNC(=O)CN(CCCN)CCCNCCCN.CN(C)CNC(=O)CN(CCCNCCCN)CCCN(CCCN)CCCN.CN(C)CNC(=O)CN(CCCNCCCN)CCCNCCCN. The van der Waals surface area contributed by atoms with Crippen LogP contribution in [0.3, 0.4) is 0 Å². The van der Waals surface area contributed by atoms with Crippen LogP contribution in [-0.2, 0) is 24.0 Å². The molecule has 38 nitrogen and oxygen atoms in total. The van der Waals surface area contributed by atoms with Gasteiger partial charge < -0.3 is 126 Å². The van der Waals surface area contributed by atoms with E-state index in [1.807, 2.05) is 95.0 Å². The largest absolute Gasteiger partial charge is 0.342 e. The Hall–Kier alpha value is -3.77. The molecule has 0 aromatic rings. The number of hydrogen-bond acceptors (Lipinski definition) is 33. The van der Waals surface area contributed by atoms with Gasteiger partial charge in [0, 0.05) is 0 Å². The van der Waals surface area contributed by atoms with Crippen molar-refractivity contribution in [3.63, 3.8) is 0 Å². The number of nitrogens with zero attached hydrogens (tertiary/aromatic N) is 12. The van der Waals surface area contributed by atoms with Gasteiger partial charge in [-0.3, -0.25) is 73.0 Å². The zero-order valence-corrected chi connectivity index (χ0v) is 76.6. The van der Waals surface area contributed by atoms with Crippen LogP contribution in [0.15, 0.2) is 0 Å². The summed E-state index contributed by atoms with van der Waals surface area (Å²) >= 11 is 0. The van der Waals surface area contributed by atoms with Gasteiger partial charge in [-0.05, 0) is 422 Å². The van der Waals surface area contributed by atoms with E-state index in [-0.39, 0.29) is 29.5 Å². The van der Waals surface area contributed by atoms with E-state index in [0.29, 0.717) is 118 Å². The average molecular weight is 1680 g/mol. The molecule has 0 bridgehead atoms. The third-order valence-electron chi connectivity index (χ3n) is 17.7. The maximum atomic E-state index is 12.3. The number of carbonyl (C=O) groups excluding carboxylic acids is 5. The second kappa shape index (κ2) is 96.1. The summed E-state index contributed by atoms with van der Waals surface area (Å²) in [6, 6.07) is 0. The van der Waals surface area contributed by atoms with Crippen molar-refractivity contribution in [3.05, 3.63) is 0 Å². The first-order valence-electron chi connectivity index (χ1n) is 44.2. The molecule has 0 spiro atoms. The fraction of sp³-hybridized carbons (Fsp3) is 0.937. The van der Waals surface area contributed by atoms with Crippen LogP contribution in [0.25, 0.3) is 0 Å². The monoisotopic (exact) mass is 1680 g/mol. The molecule has 117 heavy (non-hydrogen) atoms. The lowest BCUT2D eigenvalue weighted by molar-refractivity contribution is -0.123. The van der Waals surface area contributed by atoms with Crippen molar-refractivity contribution in [1.29, 1.82) is 0 Å². The third-order valence-corrected chi connectivity index (χ3v) is 17.7. The summed E-state index contributed by atoms with van der Waals surface area (Å²) < 4.78 is 0. The first-order chi connectivity index (χ1) is 56.3. The highest BCUT2D eigenvalue weighted by Gasteiger charge is 2.17. The summed E-state index contributed by atoms with van der Waals surface area (Å²) in [4.78, 5) is 85.4. The molecule has 702 valence electrons. The minimum Gasteiger partial charge on any atom is -0.342 e. The van der Waals surface area contributed by atoms with Crippen LogP contribution in [0.5, 0.6) is 0 Å². The van der Waals surface area contributed by atoms with Crippen LogP contribution in [0, 0.1) is 0 Å². The van der Waals surface area contributed by atoms with E-state index in [2.05, 4.69) is 82.2 Å². The lowest BCUT2D eigenvalue weighted by atomic mass is 10.2. The van der Waals surface area contributed by atoms with Crippen LogP contribution in [-0.4, -0.2) is 460 Å². The number of carbonyl (C=O) groups is 5. The van der Waals surface area contributed by atoms with Crippen molar-refractivity contribution in [1.82, 2.24) is 107 Å². The van der Waals surface area contributed by atoms with E-state index in [9.17, 15) is 24.0 Å². The highest BCUT2D eigenvalue weighted by molar-refractivity contribution is 5.79. The summed E-state index contributed by atoms with van der Waals surface area (Å²) in [5.41, 5.74) is 66.6. The Morgan fingerprint density at radius 2 is 0.308 bits per heavy atom. The van der Waals surface area contributed by atoms with Gasteiger partial charge in [-0.1, -0.05) is 0 Å². The zero-order valence-electron chi connectivity index (χ0n) is 76.6. The lowest BCUT2D eigenvalue weighted by Gasteiger charge is -2.26. The van der Waals surface area contributed by atoms with E-state index in [0.717, 1.165) is 299 Å². The summed E-state index contributed by atoms with van der Waals surface area (Å²) in [5, 5.41) is 28.1. The molecule has 0 fully saturated rings. The molecule has 0 aliphatic carbocycles. The molecule has 0 atom stereocenters. The van der Waals surface area contributed by atoms with Crippen LogP contribution in [0.2, 0.25) is 0 Å². The third kappa shape index (κ3) is 99.2. The second-order valence-electron chi connectivity index (χ2n) is 31.1. The molecule has 0 aliphatic rings. The van der Waals surface area contributed by atoms with Gasteiger partial charge in [0.15, 0.2) is 0 Å². The Morgan fingerprint density at radius 1 is 0.179 bits per heavy atom. The summed E-state index contributed by atoms with van der Waals surface area (Å²) in [6.45, 7) is 36.1. The molecule has 33 N–H and O–H groups in total. The van der Waals surface area contributed by atoms with Gasteiger partial charge in [-0.15, -0.1) is 0 Å². The number of nitrogens with one attached hydrogen (secondary N) is 9. The molecule has 0 aromatic heterocycles. The predicted octanol–water partition coefficient (Wildman–Crippen LogP) is -6.89. The number of amides is 5. The zero-order chi connectivity index (χ0) is 88.4. The highest BCUT2D eigenvalue weighted by atomic mass is 16.2. The number of rotatable bonds is 80.